The van der Waals surface area contributed by atoms with Crippen molar-refractivity contribution < 1.29 is 14.2 Å². The fourth-order valence-corrected chi connectivity index (χ4v) is 2.95. The Labute approximate surface area is 148 Å². The van der Waals surface area contributed by atoms with Crippen molar-refractivity contribution in [3.05, 3.63) is 59.8 Å². The van der Waals surface area contributed by atoms with Gasteiger partial charge in [0.2, 0.25) is 5.75 Å². The SMILES string of the molecule is COc1cc(-n2cccc2-c2ccc(C)c(C)c2)cc(OC)c1OC. The monoisotopic (exact) mass is 337 g/mol. The van der Waals surface area contributed by atoms with Crippen LogP contribution in [0.25, 0.3) is 16.9 Å². The average molecular weight is 337 g/mol. The molecule has 0 saturated carbocycles. The molecule has 0 aliphatic rings. The lowest BCUT2D eigenvalue weighted by Crippen LogP contribution is -2.00. The maximum Gasteiger partial charge on any atom is 0.203 e. The number of rotatable bonds is 5. The van der Waals surface area contributed by atoms with E-state index in [2.05, 4.69) is 42.7 Å². The summed E-state index contributed by atoms with van der Waals surface area (Å²) in [6.45, 7) is 4.25. The standard InChI is InChI=1S/C21H23NO3/c1-14-8-9-16(11-15(14)2)18-7-6-10-22(18)17-12-19(23-3)21(25-5)20(13-17)24-4/h6-13H,1-5H3. The molecule has 3 rings (SSSR count). The van der Waals surface area contributed by atoms with Crippen molar-refractivity contribution >= 4 is 0 Å². The van der Waals surface area contributed by atoms with Crippen LogP contribution in [0.15, 0.2) is 48.7 Å². The minimum Gasteiger partial charge on any atom is -0.493 e. The van der Waals surface area contributed by atoms with Gasteiger partial charge >= 0.3 is 0 Å². The molecule has 0 unspecified atom stereocenters. The third-order valence-corrected chi connectivity index (χ3v) is 4.48. The Hall–Kier alpha value is -2.88. The smallest absolute Gasteiger partial charge is 0.203 e. The van der Waals surface area contributed by atoms with Crippen LogP contribution in [0.3, 0.4) is 0 Å². The first kappa shape index (κ1) is 17.0. The van der Waals surface area contributed by atoms with Crippen molar-refractivity contribution in [1.29, 1.82) is 0 Å². The van der Waals surface area contributed by atoms with E-state index in [1.165, 1.54) is 16.7 Å². The zero-order valence-electron chi connectivity index (χ0n) is 15.3. The van der Waals surface area contributed by atoms with E-state index in [9.17, 15) is 0 Å². The molecule has 0 amide bonds. The van der Waals surface area contributed by atoms with Gasteiger partial charge in [0, 0.05) is 18.3 Å². The number of benzene rings is 2. The van der Waals surface area contributed by atoms with Crippen molar-refractivity contribution in [3.63, 3.8) is 0 Å². The summed E-state index contributed by atoms with van der Waals surface area (Å²) in [6.07, 6.45) is 2.03. The minimum atomic E-state index is 0.591. The summed E-state index contributed by atoms with van der Waals surface area (Å²) >= 11 is 0. The van der Waals surface area contributed by atoms with E-state index in [4.69, 9.17) is 14.2 Å². The first-order valence-electron chi connectivity index (χ1n) is 8.14. The topological polar surface area (TPSA) is 32.6 Å². The molecule has 4 nitrogen and oxygen atoms in total. The summed E-state index contributed by atoms with van der Waals surface area (Å²) < 4.78 is 18.5. The van der Waals surface area contributed by atoms with E-state index >= 15 is 0 Å². The van der Waals surface area contributed by atoms with Crippen molar-refractivity contribution in [1.82, 2.24) is 4.57 Å². The molecule has 0 atom stereocenters. The quantitative estimate of drug-likeness (QED) is 0.671. The van der Waals surface area contributed by atoms with Gasteiger partial charge in [0.1, 0.15) is 0 Å². The summed E-state index contributed by atoms with van der Waals surface area (Å²) in [5.74, 6) is 1.86. The Morgan fingerprint density at radius 2 is 1.44 bits per heavy atom. The second-order valence-corrected chi connectivity index (χ2v) is 5.95. The average Bonchev–Trinajstić information content (AvgIpc) is 3.12. The van der Waals surface area contributed by atoms with Crippen LogP contribution in [0.2, 0.25) is 0 Å². The Kier molecular flexibility index (Phi) is 4.70. The molecule has 130 valence electrons. The van der Waals surface area contributed by atoms with Crippen LogP contribution in [0.4, 0.5) is 0 Å². The maximum absolute atomic E-state index is 5.48. The largest absolute Gasteiger partial charge is 0.493 e. The highest BCUT2D eigenvalue weighted by molar-refractivity contribution is 5.67. The third-order valence-electron chi connectivity index (χ3n) is 4.48. The van der Waals surface area contributed by atoms with E-state index < -0.39 is 0 Å². The molecule has 4 heteroatoms. The first-order chi connectivity index (χ1) is 12.1. The Morgan fingerprint density at radius 3 is 2.00 bits per heavy atom. The van der Waals surface area contributed by atoms with Gasteiger partial charge < -0.3 is 18.8 Å². The Bertz CT molecular complexity index is 871. The maximum atomic E-state index is 5.48. The fourth-order valence-electron chi connectivity index (χ4n) is 2.95. The number of nitrogens with zero attached hydrogens (tertiary/aromatic N) is 1. The van der Waals surface area contributed by atoms with Gasteiger partial charge in [-0.1, -0.05) is 12.1 Å². The van der Waals surface area contributed by atoms with Crippen LogP contribution >= 0.6 is 0 Å². The number of hydrogen-bond donors (Lipinski definition) is 0. The zero-order chi connectivity index (χ0) is 18.0. The molecular weight excluding hydrogens is 314 g/mol. The molecule has 1 heterocycles. The van der Waals surface area contributed by atoms with Crippen molar-refractivity contribution in [3.8, 4) is 34.2 Å². The van der Waals surface area contributed by atoms with E-state index in [0.717, 1.165) is 11.4 Å². The molecule has 0 fully saturated rings. The van der Waals surface area contributed by atoms with E-state index in [1.54, 1.807) is 21.3 Å². The highest BCUT2D eigenvalue weighted by Gasteiger charge is 2.15. The molecule has 0 N–H and O–H groups in total. The first-order valence-corrected chi connectivity index (χ1v) is 8.14. The van der Waals surface area contributed by atoms with Crippen LogP contribution in [0.1, 0.15) is 11.1 Å². The van der Waals surface area contributed by atoms with Gasteiger partial charge in [-0.15, -0.1) is 0 Å². The van der Waals surface area contributed by atoms with Gasteiger partial charge in [0.25, 0.3) is 0 Å². The predicted octanol–water partition coefficient (Wildman–Crippen LogP) is 4.79. The van der Waals surface area contributed by atoms with Crippen LogP contribution < -0.4 is 14.2 Å². The number of methoxy groups -OCH3 is 3. The normalized spacial score (nSPS) is 10.6. The molecule has 0 bridgehead atoms. The minimum absolute atomic E-state index is 0.591. The summed E-state index contributed by atoms with van der Waals surface area (Å²) in [5.41, 5.74) is 5.79. The predicted molar refractivity (Wildman–Crippen MR) is 100 cm³/mol. The highest BCUT2D eigenvalue weighted by Crippen LogP contribution is 2.40. The molecule has 0 aliphatic heterocycles. The molecule has 2 aromatic carbocycles. The van der Waals surface area contributed by atoms with E-state index in [1.807, 2.05) is 24.4 Å². The van der Waals surface area contributed by atoms with Crippen molar-refractivity contribution in [2.45, 2.75) is 13.8 Å². The van der Waals surface area contributed by atoms with Gasteiger partial charge in [0.05, 0.1) is 32.7 Å². The summed E-state index contributed by atoms with van der Waals surface area (Å²) in [5, 5.41) is 0. The lowest BCUT2D eigenvalue weighted by Gasteiger charge is -2.16. The number of aromatic nitrogens is 1. The molecule has 1 aromatic heterocycles. The van der Waals surface area contributed by atoms with Crippen LogP contribution in [0.5, 0.6) is 17.2 Å². The zero-order valence-corrected chi connectivity index (χ0v) is 15.3. The van der Waals surface area contributed by atoms with Gasteiger partial charge in [-0.25, -0.2) is 0 Å². The molecule has 0 aliphatic carbocycles. The van der Waals surface area contributed by atoms with Crippen molar-refractivity contribution in [2.75, 3.05) is 21.3 Å². The van der Waals surface area contributed by atoms with Crippen molar-refractivity contribution in [2.24, 2.45) is 0 Å². The fraction of sp³-hybridized carbons (Fsp3) is 0.238. The number of ether oxygens (including phenoxy) is 3. The van der Waals surface area contributed by atoms with Crippen LogP contribution in [0, 0.1) is 13.8 Å². The third kappa shape index (κ3) is 3.07. The van der Waals surface area contributed by atoms with Gasteiger partial charge in [-0.05, 0) is 48.7 Å². The van der Waals surface area contributed by atoms with Gasteiger partial charge in [0.15, 0.2) is 11.5 Å². The van der Waals surface area contributed by atoms with Crippen LogP contribution in [-0.4, -0.2) is 25.9 Å². The molecule has 0 radical (unpaired) electrons. The second-order valence-electron chi connectivity index (χ2n) is 5.95. The molecule has 3 aromatic rings. The summed E-state index contributed by atoms with van der Waals surface area (Å²) in [4.78, 5) is 0. The Morgan fingerprint density at radius 1 is 0.760 bits per heavy atom. The van der Waals surface area contributed by atoms with Gasteiger partial charge in [-0.2, -0.15) is 0 Å². The number of aryl methyl sites for hydroxylation is 2. The molecule has 0 spiro atoms. The van der Waals surface area contributed by atoms with E-state index in [-0.39, 0.29) is 0 Å². The molecular formula is C21H23NO3. The van der Waals surface area contributed by atoms with E-state index in [0.29, 0.717) is 17.2 Å². The second kappa shape index (κ2) is 6.93. The number of hydrogen-bond acceptors (Lipinski definition) is 3. The van der Waals surface area contributed by atoms with Crippen LogP contribution in [-0.2, 0) is 0 Å². The summed E-state index contributed by atoms with van der Waals surface area (Å²) in [6, 6.07) is 14.5. The highest BCUT2D eigenvalue weighted by atomic mass is 16.5. The van der Waals surface area contributed by atoms with Gasteiger partial charge in [-0.3, -0.25) is 0 Å². The lowest BCUT2D eigenvalue weighted by atomic mass is 10.0. The Balaban J connectivity index is 2.15. The molecule has 0 saturated heterocycles. The summed E-state index contributed by atoms with van der Waals surface area (Å²) in [7, 11) is 4.86. The lowest BCUT2D eigenvalue weighted by molar-refractivity contribution is 0.324. The molecule has 25 heavy (non-hydrogen) atoms.